The van der Waals surface area contributed by atoms with Gasteiger partial charge in [0, 0.05) is 23.2 Å². The summed E-state index contributed by atoms with van der Waals surface area (Å²) in [7, 11) is 4.26. The predicted octanol–water partition coefficient (Wildman–Crippen LogP) is 4.52. The van der Waals surface area contributed by atoms with Gasteiger partial charge in [-0.25, -0.2) is 0 Å². The minimum absolute atomic E-state index is 0.141. The van der Waals surface area contributed by atoms with Gasteiger partial charge in [-0.2, -0.15) is 5.10 Å². The number of nitrogens with zero attached hydrogens (tertiary/aromatic N) is 4. The molecule has 0 spiro atoms. The Balaban J connectivity index is 1.39. The summed E-state index contributed by atoms with van der Waals surface area (Å²) in [6.45, 7) is 8.44. The summed E-state index contributed by atoms with van der Waals surface area (Å²) < 4.78 is 2.17. The normalized spacial score (nSPS) is 17.5. The van der Waals surface area contributed by atoms with Crippen LogP contribution in [-0.2, 0) is 6.54 Å². The number of aryl methyl sites for hydroxylation is 2. The number of piperidine rings is 1. The average Bonchev–Trinajstić information content (AvgIpc) is 3.57. The number of nitrogens with one attached hydrogen (secondary N) is 2. The van der Waals surface area contributed by atoms with E-state index in [0.29, 0.717) is 23.1 Å². The van der Waals surface area contributed by atoms with Gasteiger partial charge in [-0.05, 0) is 121 Å². The molecule has 2 fully saturated rings. The smallest absolute Gasteiger partial charge is 0.253 e. The van der Waals surface area contributed by atoms with E-state index in [1.807, 2.05) is 26.1 Å². The van der Waals surface area contributed by atoms with Crippen LogP contribution < -0.4 is 10.9 Å². The number of aromatic nitrogens is 3. The molecular formula is C31H44N6O2. The minimum atomic E-state index is -0.145. The van der Waals surface area contributed by atoms with Crippen LogP contribution in [0.5, 0.6) is 0 Å². The third-order valence-electron chi connectivity index (χ3n) is 8.71. The topological polar surface area (TPSA) is 86.3 Å². The Kier molecular flexibility index (Phi) is 8.52. The van der Waals surface area contributed by atoms with Gasteiger partial charge in [0.2, 0.25) is 0 Å². The van der Waals surface area contributed by atoms with Crippen molar-refractivity contribution in [2.45, 2.75) is 77.3 Å². The molecule has 5 rings (SSSR count). The fraction of sp³-hybridized carbons (Fsp3) is 0.581. The van der Waals surface area contributed by atoms with Crippen molar-refractivity contribution in [3.63, 3.8) is 0 Å². The maximum atomic E-state index is 13.6. The minimum Gasteiger partial charge on any atom is -0.348 e. The summed E-state index contributed by atoms with van der Waals surface area (Å²) in [6.07, 6.45) is 10.0. The molecule has 1 aliphatic carbocycles. The standard InChI is InChI=1S/C31H44N6O2/c1-21-16-22(2)34-31(39)27(21)19-32-30(38)26-17-24(23-10-14-36(15-11-23)13-7-12-35(3)4)18-29-28(26)20-33-37(29)25-8-5-6-9-25/h16-18,20,23,25H,5-15,19H2,1-4H3,(H,32,38)(H,34,39). The monoisotopic (exact) mass is 532 g/mol. The molecule has 2 aromatic heterocycles. The van der Waals surface area contributed by atoms with Crippen LogP contribution in [0.1, 0.15) is 89.6 Å². The van der Waals surface area contributed by atoms with E-state index < -0.39 is 0 Å². The maximum absolute atomic E-state index is 13.6. The van der Waals surface area contributed by atoms with Crippen LogP contribution in [0.25, 0.3) is 10.9 Å². The van der Waals surface area contributed by atoms with Crippen molar-refractivity contribution >= 4 is 16.8 Å². The molecule has 0 atom stereocenters. The van der Waals surface area contributed by atoms with E-state index in [1.54, 1.807) is 0 Å². The quantitative estimate of drug-likeness (QED) is 0.423. The van der Waals surface area contributed by atoms with Crippen LogP contribution in [-0.4, -0.2) is 70.7 Å². The van der Waals surface area contributed by atoms with Crippen molar-refractivity contribution in [1.82, 2.24) is 29.9 Å². The molecule has 1 amide bonds. The highest BCUT2D eigenvalue weighted by atomic mass is 16.1. The van der Waals surface area contributed by atoms with E-state index in [4.69, 9.17) is 5.10 Å². The molecule has 8 nitrogen and oxygen atoms in total. The third kappa shape index (κ3) is 6.28. The Hall–Kier alpha value is -2.97. The van der Waals surface area contributed by atoms with Crippen molar-refractivity contribution in [3.05, 3.63) is 62.7 Å². The highest BCUT2D eigenvalue weighted by molar-refractivity contribution is 6.06. The number of amides is 1. The first-order chi connectivity index (χ1) is 18.8. The van der Waals surface area contributed by atoms with Crippen LogP contribution >= 0.6 is 0 Å². The second kappa shape index (κ2) is 12.0. The molecule has 1 aromatic carbocycles. The molecule has 39 heavy (non-hydrogen) atoms. The van der Waals surface area contributed by atoms with Crippen LogP contribution in [0.3, 0.4) is 0 Å². The molecule has 1 saturated heterocycles. The fourth-order valence-electron chi connectivity index (χ4n) is 6.50. The van der Waals surface area contributed by atoms with Crippen molar-refractivity contribution < 1.29 is 4.79 Å². The van der Waals surface area contributed by atoms with Gasteiger partial charge in [-0.1, -0.05) is 12.8 Å². The Morgan fingerprint density at radius 3 is 2.54 bits per heavy atom. The van der Waals surface area contributed by atoms with E-state index in [2.05, 4.69) is 51.0 Å². The van der Waals surface area contributed by atoms with Gasteiger partial charge < -0.3 is 20.1 Å². The van der Waals surface area contributed by atoms with Gasteiger partial charge in [0.1, 0.15) is 0 Å². The Labute approximate surface area is 231 Å². The lowest BCUT2D eigenvalue weighted by Gasteiger charge is -2.32. The van der Waals surface area contributed by atoms with E-state index in [9.17, 15) is 9.59 Å². The van der Waals surface area contributed by atoms with Crippen molar-refractivity contribution in [2.75, 3.05) is 40.3 Å². The largest absolute Gasteiger partial charge is 0.348 e. The summed E-state index contributed by atoms with van der Waals surface area (Å²) in [4.78, 5) is 33.9. The first kappa shape index (κ1) is 27.6. The van der Waals surface area contributed by atoms with E-state index >= 15 is 0 Å². The number of rotatable bonds is 9. The first-order valence-corrected chi connectivity index (χ1v) is 14.7. The van der Waals surface area contributed by atoms with Gasteiger partial charge in [0.15, 0.2) is 0 Å². The van der Waals surface area contributed by atoms with E-state index in [-0.39, 0.29) is 18.0 Å². The number of carbonyl (C=O) groups is 1. The second-order valence-corrected chi connectivity index (χ2v) is 11.9. The number of aromatic amines is 1. The van der Waals surface area contributed by atoms with Crippen LogP contribution in [0, 0.1) is 13.8 Å². The molecule has 0 unspecified atom stereocenters. The molecule has 3 heterocycles. The molecule has 2 N–H and O–H groups in total. The molecule has 210 valence electrons. The molecule has 8 heteroatoms. The number of fused-ring (bicyclic) bond motifs is 1. The summed E-state index contributed by atoms with van der Waals surface area (Å²) in [6, 6.07) is 6.75. The lowest BCUT2D eigenvalue weighted by atomic mass is 9.87. The lowest BCUT2D eigenvalue weighted by molar-refractivity contribution is 0.0952. The van der Waals surface area contributed by atoms with Gasteiger partial charge >= 0.3 is 0 Å². The van der Waals surface area contributed by atoms with Crippen LogP contribution in [0.4, 0.5) is 0 Å². The Morgan fingerprint density at radius 1 is 1.10 bits per heavy atom. The van der Waals surface area contributed by atoms with Gasteiger partial charge in [-0.3, -0.25) is 14.3 Å². The predicted molar refractivity (Wildman–Crippen MR) is 157 cm³/mol. The number of carbonyl (C=O) groups excluding carboxylic acids is 1. The number of likely N-dealkylation sites (tertiary alicyclic amines) is 1. The first-order valence-electron chi connectivity index (χ1n) is 14.7. The van der Waals surface area contributed by atoms with Crippen LogP contribution in [0.2, 0.25) is 0 Å². The van der Waals surface area contributed by atoms with E-state index in [0.717, 1.165) is 74.0 Å². The van der Waals surface area contributed by atoms with Crippen molar-refractivity contribution in [3.8, 4) is 0 Å². The zero-order valence-electron chi connectivity index (χ0n) is 24.1. The summed E-state index contributed by atoms with van der Waals surface area (Å²) >= 11 is 0. The number of hydrogen-bond donors (Lipinski definition) is 2. The molecule has 1 saturated carbocycles. The molecule has 0 bridgehead atoms. The zero-order valence-corrected chi connectivity index (χ0v) is 24.1. The van der Waals surface area contributed by atoms with Gasteiger partial charge in [0.05, 0.1) is 23.3 Å². The molecule has 1 aliphatic heterocycles. The van der Waals surface area contributed by atoms with E-state index in [1.165, 1.54) is 24.8 Å². The Bertz CT molecular complexity index is 1360. The Morgan fingerprint density at radius 2 is 1.85 bits per heavy atom. The molecule has 3 aromatic rings. The highest BCUT2D eigenvalue weighted by Gasteiger charge is 2.26. The molecular weight excluding hydrogens is 488 g/mol. The summed E-state index contributed by atoms with van der Waals surface area (Å²) in [5.41, 5.74) is 5.16. The number of hydrogen-bond acceptors (Lipinski definition) is 5. The zero-order chi connectivity index (χ0) is 27.5. The highest BCUT2D eigenvalue weighted by Crippen LogP contribution is 2.36. The third-order valence-corrected chi connectivity index (χ3v) is 8.71. The summed E-state index contributed by atoms with van der Waals surface area (Å²) in [5, 5.41) is 8.74. The number of H-pyrrole nitrogens is 1. The average molecular weight is 533 g/mol. The lowest BCUT2D eigenvalue weighted by Crippen LogP contribution is -2.35. The number of benzene rings is 1. The number of pyridine rings is 1. The summed E-state index contributed by atoms with van der Waals surface area (Å²) in [5.74, 6) is 0.286. The molecule has 2 aliphatic rings. The van der Waals surface area contributed by atoms with Gasteiger partial charge in [-0.15, -0.1) is 0 Å². The SMILES string of the molecule is Cc1cc(C)c(CNC(=O)c2cc(C3CCN(CCCN(C)C)CC3)cc3c2cnn3C2CCCC2)c(=O)[nH]1. The molecule has 0 radical (unpaired) electrons. The second-order valence-electron chi connectivity index (χ2n) is 11.9. The van der Waals surface area contributed by atoms with Crippen LogP contribution in [0.15, 0.2) is 29.2 Å². The van der Waals surface area contributed by atoms with Gasteiger partial charge in [0.25, 0.3) is 11.5 Å². The van der Waals surface area contributed by atoms with Crippen molar-refractivity contribution in [2.24, 2.45) is 0 Å². The van der Waals surface area contributed by atoms with Crippen molar-refractivity contribution in [1.29, 1.82) is 0 Å². The fourth-order valence-corrected chi connectivity index (χ4v) is 6.50. The maximum Gasteiger partial charge on any atom is 0.253 e.